The van der Waals surface area contributed by atoms with Gasteiger partial charge in [-0.05, 0) is 36.9 Å². The van der Waals surface area contributed by atoms with Crippen LogP contribution in [-0.2, 0) is 0 Å². The van der Waals surface area contributed by atoms with Crippen molar-refractivity contribution in [3.63, 3.8) is 0 Å². The second-order valence-corrected chi connectivity index (χ2v) is 4.34. The fourth-order valence-electron chi connectivity index (χ4n) is 2.24. The minimum atomic E-state index is -0.911. The summed E-state index contributed by atoms with van der Waals surface area (Å²) < 4.78 is 1.94. The molecular weight excluding hydrogens is 230 g/mol. The van der Waals surface area contributed by atoms with E-state index in [1.807, 2.05) is 16.9 Å². The monoisotopic (exact) mass is 243 g/mol. The van der Waals surface area contributed by atoms with E-state index in [2.05, 4.69) is 16.5 Å². The van der Waals surface area contributed by atoms with Crippen LogP contribution in [0.1, 0.15) is 22.8 Å². The number of allylic oxidation sites excluding steroid dienone is 1. The molecule has 1 aliphatic heterocycles. The van der Waals surface area contributed by atoms with Crippen LogP contribution < -0.4 is 5.32 Å². The van der Waals surface area contributed by atoms with Crippen molar-refractivity contribution >= 4 is 16.9 Å². The van der Waals surface area contributed by atoms with Gasteiger partial charge in [0.15, 0.2) is 0 Å². The molecular formula is C13H13N3O2. The minimum absolute atomic E-state index is 0.236. The van der Waals surface area contributed by atoms with E-state index < -0.39 is 5.97 Å². The molecule has 0 fully saturated rings. The van der Waals surface area contributed by atoms with Gasteiger partial charge in [-0.1, -0.05) is 0 Å². The predicted octanol–water partition coefficient (Wildman–Crippen LogP) is 1.78. The number of carboxylic acid groups (broad SMARTS) is 1. The van der Waals surface area contributed by atoms with Crippen molar-refractivity contribution < 1.29 is 9.90 Å². The molecule has 0 amide bonds. The summed E-state index contributed by atoms with van der Waals surface area (Å²) in [5.41, 5.74) is 1.26. The zero-order valence-corrected chi connectivity index (χ0v) is 9.71. The van der Waals surface area contributed by atoms with Crippen LogP contribution in [0.2, 0.25) is 0 Å². The van der Waals surface area contributed by atoms with Gasteiger partial charge in [-0.2, -0.15) is 5.10 Å². The fourth-order valence-corrected chi connectivity index (χ4v) is 2.24. The lowest BCUT2D eigenvalue weighted by Gasteiger charge is -2.18. The van der Waals surface area contributed by atoms with Crippen LogP contribution in [0.3, 0.4) is 0 Å². The molecule has 1 aliphatic rings. The van der Waals surface area contributed by atoms with Gasteiger partial charge in [-0.25, -0.2) is 4.79 Å². The smallest absolute Gasteiger partial charge is 0.335 e. The Balaban J connectivity index is 2.06. The molecule has 18 heavy (non-hydrogen) atoms. The Hall–Kier alpha value is -2.30. The Morgan fingerprint density at radius 1 is 1.50 bits per heavy atom. The summed E-state index contributed by atoms with van der Waals surface area (Å²) in [6, 6.07) is 5.33. The summed E-state index contributed by atoms with van der Waals surface area (Å²) >= 11 is 0. The lowest BCUT2D eigenvalue weighted by molar-refractivity contribution is 0.0697. The second-order valence-electron chi connectivity index (χ2n) is 4.34. The molecule has 0 aliphatic carbocycles. The highest BCUT2D eigenvalue weighted by molar-refractivity contribution is 5.93. The van der Waals surface area contributed by atoms with Crippen LogP contribution in [0, 0.1) is 0 Å². The summed E-state index contributed by atoms with van der Waals surface area (Å²) in [5, 5.41) is 17.3. The molecule has 1 aromatic carbocycles. The highest BCUT2D eigenvalue weighted by Gasteiger charge is 2.14. The molecule has 2 heterocycles. The number of nitrogens with zero attached hydrogens (tertiary/aromatic N) is 2. The topological polar surface area (TPSA) is 67.1 Å². The number of fused-ring (bicyclic) bond motifs is 1. The number of hydrogen-bond donors (Lipinski definition) is 2. The molecule has 2 aromatic rings. The van der Waals surface area contributed by atoms with Gasteiger partial charge in [-0.15, -0.1) is 0 Å². The van der Waals surface area contributed by atoms with Gasteiger partial charge in [0, 0.05) is 11.9 Å². The van der Waals surface area contributed by atoms with Crippen molar-refractivity contribution in [1.29, 1.82) is 0 Å². The predicted molar refractivity (Wildman–Crippen MR) is 67.5 cm³/mol. The van der Waals surface area contributed by atoms with Crippen LogP contribution in [0.25, 0.3) is 10.9 Å². The molecule has 0 radical (unpaired) electrons. The average Bonchev–Trinajstić information content (AvgIpc) is 2.82. The average molecular weight is 243 g/mol. The lowest BCUT2D eigenvalue weighted by Crippen LogP contribution is -2.20. The molecule has 92 valence electrons. The SMILES string of the molecule is O=C(O)c1ccc2c(cnn2C2C=CNCC2)c1. The normalized spacial score (nSPS) is 18.8. The van der Waals surface area contributed by atoms with Gasteiger partial charge in [0.25, 0.3) is 0 Å². The fraction of sp³-hybridized carbons (Fsp3) is 0.231. The van der Waals surface area contributed by atoms with Crippen LogP contribution in [0.4, 0.5) is 0 Å². The number of carboxylic acids is 1. The maximum atomic E-state index is 10.9. The number of aromatic carboxylic acids is 1. The number of hydrogen-bond acceptors (Lipinski definition) is 3. The van der Waals surface area contributed by atoms with Crippen molar-refractivity contribution in [3.05, 3.63) is 42.2 Å². The third kappa shape index (κ3) is 1.73. The number of rotatable bonds is 2. The van der Waals surface area contributed by atoms with Gasteiger partial charge < -0.3 is 10.4 Å². The third-order valence-corrected chi connectivity index (χ3v) is 3.18. The Bertz CT molecular complexity index is 630. The van der Waals surface area contributed by atoms with E-state index in [0.717, 1.165) is 23.9 Å². The van der Waals surface area contributed by atoms with E-state index in [1.165, 1.54) is 0 Å². The molecule has 2 N–H and O–H groups in total. The number of nitrogens with one attached hydrogen (secondary N) is 1. The standard InChI is InChI=1S/C13H13N3O2/c17-13(18)9-1-2-12-10(7-9)8-15-16(12)11-3-5-14-6-4-11/h1-3,5,7-8,11,14H,4,6H2,(H,17,18). The van der Waals surface area contributed by atoms with Crippen LogP contribution in [0.5, 0.6) is 0 Å². The van der Waals surface area contributed by atoms with E-state index in [-0.39, 0.29) is 6.04 Å². The summed E-state index contributed by atoms with van der Waals surface area (Å²) in [5.74, 6) is -0.911. The summed E-state index contributed by atoms with van der Waals surface area (Å²) in [7, 11) is 0. The van der Waals surface area contributed by atoms with Crippen LogP contribution in [0.15, 0.2) is 36.7 Å². The Morgan fingerprint density at radius 3 is 3.11 bits per heavy atom. The molecule has 1 atom stereocenters. The zero-order chi connectivity index (χ0) is 12.5. The molecule has 1 unspecified atom stereocenters. The summed E-state index contributed by atoms with van der Waals surface area (Å²) in [6.07, 6.45) is 6.71. The van der Waals surface area contributed by atoms with E-state index in [9.17, 15) is 4.79 Å². The largest absolute Gasteiger partial charge is 0.478 e. The lowest BCUT2D eigenvalue weighted by atomic mass is 10.1. The van der Waals surface area contributed by atoms with Crippen LogP contribution in [-0.4, -0.2) is 27.4 Å². The molecule has 5 nitrogen and oxygen atoms in total. The maximum Gasteiger partial charge on any atom is 0.335 e. The second kappa shape index (κ2) is 4.18. The van der Waals surface area contributed by atoms with Crippen molar-refractivity contribution in [1.82, 2.24) is 15.1 Å². The first-order valence-electron chi connectivity index (χ1n) is 5.86. The van der Waals surface area contributed by atoms with Crippen molar-refractivity contribution in [2.24, 2.45) is 0 Å². The molecule has 3 rings (SSSR count). The zero-order valence-electron chi connectivity index (χ0n) is 9.71. The van der Waals surface area contributed by atoms with Gasteiger partial charge in [0.05, 0.1) is 23.3 Å². The van der Waals surface area contributed by atoms with Crippen LogP contribution >= 0.6 is 0 Å². The molecule has 0 saturated heterocycles. The van der Waals surface area contributed by atoms with Gasteiger partial charge >= 0.3 is 5.97 Å². The van der Waals surface area contributed by atoms with E-state index >= 15 is 0 Å². The van der Waals surface area contributed by atoms with Gasteiger partial charge in [0.1, 0.15) is 0 Å². The first-order chi connectivity index (χ1) is 8.75. The van der Waals surface area contributed by atoms with E-state index in [1.54, 1.807) is 18.3 Å². The molecule has 0 spiro atoms. The molecule has 5 heteroatoms. The van der Waals surface area contributed by atoms with Gasteiger partial charge in [0.2, 0.25) is 0 Å². The molecule has 0 saturated carbocycles. The number of aromatic nitrogens is 2. The quantitative estimate of drug-likeness (QED) is 0.843. The highest BCUT2D eigenvalue weighted by atomic mass is 16.4. The summed E-state index contributed by atoms with van der Waals surface area (Å²) in [4.78, 5) is 10.9. The first kappa shape index (κ1) is 10.8. The first-order valence-corrected chi connectivity index (χ1v) is 5.86. The van der Waals surface area contributed by atoms with Gasteiger partial charge in [-0.3, -0.25) is 4.68 Å². The molecule has 0 bridgehead atoms. The third-order valence-electron chi connectivity index (χ3n) is 3.18. The highest BCUT2D eigenvalue weighted by Crippen LogP contribution is 2.23. The Morgan fingerprint density at radius 2 is 2.39 bits per heavy atom. The van der Waals surface area contributed by atoms with Crippen molar-refractivity contribution in [2.45, 2.75) is 12.5 Å². The van der Waals surface area contributed by atoms with Crippen molar-refractivity contribution in [2.75, 3.05) is 6.54 Å². The minimum Gasteiger partial charge on any atom is -0.478 e. The molecule has 1 aromatic heterocycles. The maximum absolute atomic E-state index is 10.9. The number of benzene rings is 1. The Kier molecular flexibility index (Phi) is 2.51. The van der Waals surface area contributed by atoms with E-state index in [4.69, 9.17) is 5.11 Å². The number of carbonyl (C=O) groups is 1. The summed E-state index contributed by atoms with van der Waals surface area (Å²) in [6.45, 7) is 0.926. The van der Waals surface area contributed by atoms with Crippen molar-refractivity contribution in [3.8, 4) is 0 Å². The Labute approximate surface area is 104 Å². The van der Waals surface area contributed by atoms with E-state index in [0.29, 0.717) is 5.56 Å².